The van der Waals surface area contributed by atoms with Crippen LogP contribution in [-0.4, -0.2) is 49.1 Å². The molecule has 0 saturated carbocycles. The maximum absolute atomic E-state index is 13.4. The molecule has 1 saturated heterocycles. The number of anilines is 1. The van der Waals surface area contributed by atoms with Crippen LogP contribution in [-0.2, 0) is 4.79 Å². The Balaban J connectivity index is 2.45. The molecule has 3 atom stereocenters. The molecule has 3 unspecified atom stereocenters. The van der Waals surface area contributed by atoms with Crippen LogP contribution in [0.15, 0.2) is 12.1 Å². The fourth-order valence-electron chi connectivity index (χ4n) is 3.79. The molecule has 0 aliphatic carbocycles. The number of carbonyl (C=O) groups excluding carboxylic acids is 2. The van der Waals surface area contributed by atoms with Crippen LogP contribution >= 0.6 is 0 Å². The number of likely N-dealkylation sites (tertiary alicyclic amines) is 1. The highest BCUT2D eigenvalue weighted by molar-refractivity contribution is 6.05. The Morgan fingerprint density at radius 1 is 1.18 bits per heavy atom. The molecule has 1 aliphatic rings. The molecule has 1 heterocycles. The van der Waals surface area contributed by atoms with Gasteiger partial charge in [0.1, 0.15) is 0 Å². The molecule has 0 bridgehead atoms. The monoisotopic (exact) mass is 391 g/mol. The molecule has 1 aromatic carbocycles. The molecule has 3 N–H and O–H groups in total. The van der Waals surface area contributed by atoms with Crippen LogP contribution < -0.4 is 20.5 Å². The van der Waals surface area contributed by atoms with E-state index in [9.17, 15) is 9.59 Å². The number of nitrogens with two attached hydrogens (primary N) is 1. The predicted octanol–water partition coefficient (Wildman–Crippen LogP) is 3.17. The average molecular weight is 392 g/mol. The van der Waals surface area contributed by atoms with Crippen LogP contribution in [0.4, 0.5) is 5.69 Å². The number of amides is 2. The molecule has 156 valence electrons. The van der Waals surface area contributed by atoms with Gasteiger partial charge in [-0.2, -0.15) is 0 Å². The standard InChI is InChI=1S/C21H33N3O4/c1-6-8-16(22)20(25)23-17-12-19(28-5)18(27-4)11-15(17)21(26)24-13(2)9-7-10-14(24)3/h11-14,16H,6-10,22H2,1-5H3,(H,23,25). The maximum Gasteiger partial charge on any atom is 0.256 e. The minimum Gasteiger partial charge on any atom is -0.493 e. The van der Waals surface area contributed by atoms with Crippen LogP contribution in [0.2, 0.25) is 0 Å². The minimum atomic E-state index is -0.631. The van der Waals surface area contributed by atoms with Gasteiger partial charge in [0.25, 0.3) is 5.91 Å². The van der Waals surface area contributed by atoms with Gasteiger partial charge in [0.05, 0.1) is 31.5 Å². The summed E-state index contributed by atoms with van der Waals surface area (Å²) >= 11 is 0. The topological polar surface area (TPSA) is 93.9 Å². The highest BCUT2D eigenvalue weighted by Gasteiger charge is 2.32. The molecule has 2 amide bonds. The molecule has 0 radical (unpaired) electrons. The second-order valence-corrected chi connectivity index (χ2v) is 7.48. The Kier molecular flexibility index (Phi) is 7.69. The van der Waals surface area contributed by atoms with Crippen LogP contribution in [0, 0.1) is 0 Å². The van der Waals surface area contributed by atoms with E-state index in [1.54, 1.807) is 12.1 Å². The van der Waals surface area contributed by atoms with Crippen LogP contribution in [0.3, 0.4) is 0 Å². The van der Waals surface area contributed by atoms with E-state index in [0.29, 0.717) is 29.2 Å². The first-order chi connectivity index (χ1) is 13.3. The molecule has 28 heavy (non-hydrogen) atoms. The quantitative estimate of drug-likeness (QED) is 0.744. The van der Waals surface area contributed by atoms with Gasteiger partial charge in [-0.25, -0.2) is 0 Å². The Labute approximate surface area is 167 Å². The Bertz CT molecular complexity index is 697. The summed E-state index contributed by atoms with van der Waals surface area (Å²) in [5, 5.41) is 2.82. The fraction of sp³-hybridized carbons (Fsp3) is 0.619. The van der Waals surface area contributed by atoms with Crippen molar-refractivity contribution in [3.05, 3.63) is 17.7 Å². The SMILES string of the molecule is CCCC(N)C(=O)Nc1cc(OC)c(OC)cc1C(=O)N1C(C)CCCC1C. The van der Waals surface area contributed by atoms with Crippen LogP contribution in [0.25, 0.3) is 0 Å². The third-order valence-corrected chi connectivity index (χ3v) is 5.38. The first-order valence-electron chi connectivity index (χ1n) is 9.99. The number of carbonyl (C=O) groups is 2. The lowest BCUT2D eigenvalue weighted by Crippen LogP contribution is -2.47. The fourth-order valence-corrected chi connectivity index (χ4v) is 3.79. The molecule has 0 aromatic heterocycles. The molecular formula is C21H33N3O4. The Morgan fingerprint density at radius 2 is 1.75 bits per heavy atom. The molecule has 1 fully saturated rings. The first-order valence-corrected chi connectivity index (χ1v) is 9.99. The number of ether oxygens (including phenoxy) is 2. The van der Waals surface area contributed by atoms with E-state index in [0.717, 1.165) is 25.7 Å². The number of nitrogens with zero attached hydrogens (tertiary/aromatic N) is 1. The summed E-state index contributed by atoms with van der Waals surface area (Å²) in [7, 11) is 3.04. The second-order valence-electron chi connectivity index (χ2n) is 7.48. The van der Waals surface area contributed by atoms with E-state index in [1.165, 1.54) is 14.2 Å². The van der Waals surface area contributed by atoms with Crippen molar-refractivity contribution < 1.29 is 19.1 Å². The second kappa shape index (κ2) is 9.78. The van der Waals surface area contributed by atoms with Gasteiger partial charge in [-0.15, -0.1) is 0 Å². The Morgan fingerprint density at radius 3 is 2.29 bits per heavy atom. The predicted molar refractivity (Wildman–Crippen MR) is 110 cm³/mol. The van der Waals surface area contributed by atoms with Gasteiger partial charge in [0.15, 0.2) is 11.5 Å². The van der Waals surface area contributed by atoms with Crippen molar-refractivity contribution in [2.24, 2.45) is 5.73 Å². The van der Waals surface area contributed by atoms with E-state index >= 15 is 0 Å². The van der Waals surface area contributed by atoms with Gasteiger partial charge >= 0.3 is 0 Å². The van der Waals surface area contributed by atoms with Crippen molar-refractivity contribution in [1.82, 2.24) is 4.90 Å². The Hall–Kier alpha value is -2.28. The summed E-state index contributed by atoms with van der Waals surface area (Å²) in [5.41, 5.74) is 6.73. The maximum atomic E-state index is 13.4. The summed E-state index contributed by atoms with van der Waals surface area (Å²) in [6.07, 6.45) is 4.41. The van der Waals surface area contributed by atoms with Crippen molar-refractivity contribution in [3.8, 4) is 11.5 Å². The number of nitrogens with one attached hydrogen (secondary N) is 1. The molecule has 2 rings (SSSR count). The van der Waals surface area contributed by atoms with E-state index in [1.807, 2.05) is 11.8 Å². The smallest absolute Gasteiger partial charge is 0.256 e. The highest BCUT2D eigenvalue weighted by atomic mass is 16.5. The van der Waals surface area contributed by atoms with Gasteiger partial charge in [0.2, 0.25) is 5.91 Å². The zero-order valence-electron chi connectivity index (χ0n) is 17.6. The molecule has 7 nitrogen and oxygen atoms in total. The van der Waals surface area contributed by atoms with Gasteiger partial charge < -0.3 is 25.4 Å². The van der Waals surface area contributed by atoms with E-state index in [4.69, 9.17) is 15.2 Å². The van der Waals surface area contributed by atoms with Crippen molar-refractivity contribution in [1.29, 1.82) is 0 Å². The van der Waals surface area contributed by atoms with Gasteiger partial charge in [-0.3, -0.25) is 9.59 Å². The number of rotatable bonds is 7. The third-order valence-electron chi connectivity index (χ3n) is 5.38. The summed E-state index contributed by atoms with van der Waals surface area (Å²) in [6, 6.07) is 2.90. The van der Waals surface area contributed by atoms with Crippen LogP contribution in [0.5, 0.6) is 11.5 Å². The van der Waals surface area contributed by atoms with E-state index in [-0.39, 0.29) is 23.9 Å². The van der Waals surface area contributed by atoms with Gasteiger partial charge in [0, 0.05) is 18.2 Å². The highest BCUT2D eigenvalue weighted by Crippen LogP contribution is 2.35. The lowest BCUT2D eigenvalue weighted by molar-refractivity contribution is -0.117. The number of piperidine rings is 1. The zero-order chi connectivity index (χ0) is 20.8. The molecular weight excluding hydrogens is 358 g/mol. The number of hydrogen-bond acceptors (Lipinski definition) is 5. The van der Waals surface area contributed by atoms with Crippen molar-refractivity contribution >= 4 is 17.5 Å². The normalized spacial score (nSPS) is 20.4. The summed E-state index contributed by atoms with van der Waals surface area (Å²) in [6.45, 7) is 6.09. The lowest BCUT2D eigenvalue weighted by atomic mass is 9.96. The average Bonchev–Trinajstić information content (AvgIpc) is 2.67. The number of benzene rings is 1. The molecule has 1 aliphatic heterocycles. The molecule has 0 spiro atoms. The number of methoxy groups -OCH3 is 2. The summed E-state index contributed by atoms with van der Waals surface area (Å²) in [5.74, 6) is 0.444. The largest absolute Gasteiger partial charge is 0.493 e. The van der Waals surface area contributed by atoms with Gasteiger partial charge in [-0.1, -0.05) is 13.3 Å². The van der Waals surface area contributed by atoms with E-state index < -0.39 is 6.04 Å². The van der Waals surface area contributed by atoms with E-state index in [2.05, 4.69) is 19.2 Å². The summed E-state index contributed by atoms with van der Waals surface area (Å²) in [4.78, 5) is 27.8. The summed E-state index contributed by atoms with van der Waals surface area (Å²) < 4.78 is 10.7. The molecule has 1 aromatic rings. The van der Waals surface area contributed by atoms with Crippen LogP contribution in [0.1, 0.15) is 63.2 Å². The third kappa shape index (κ3) is 4.76. The lowest BCUT2D eigenvalue weighted by Gasteiger charge is -2.39. The molecule has 7 heteroatoms. The van der Waals surface area contributed by atoms with Gasteiger partial charge in [-0.05, 0) is 45.6 Å². The minimum absolute atomic E-state index is 0.125. The first kappa shape index (κ1) is 22.0. The van der Waals surface area contributed by atoms with Crippen molar-refractivity contribution in [2.45, 2.75) is 71.0 Å². The van der Waals surface area contributed by atoms with Crippen molar-refractivity contribution in [3.63, 3.8) is 0 Å². The number of hydrogen-bond donors (Lipinski definition) is 2. The van der Waals surface area contributed by atoms with Crippen molar-refractivity contribution in [2.75, 3.05) is 19.5 Å². The zero-order valence-corrected chi connectivity index (χ0v) is 17.6.